The number of hydrogen-bond donors (Lipinski definition) is 0. The van der Waals surface area contributed by atoms with Gasteiger partial charge in [0.1, 0.15) is 0 Å². The molecule has 0 aromatic rings. The number of ketones is 1. The topological polar surface area (TPSA) is 17.1 Å². The van der Waals surface area contributed by atoms with E-state index in [1.807, 2.05) is 0 Å². The molecule has 1 nitrogen and oxygen atoms in total. The smallest absolute Gasteiger partial charge is 0.155 e. The fourth-order valence-electron chi connectivity index (χ4n) is 9.01. The highest BCUT2D eigenvalue weighted by molar-refractivity contribution is 5.91. The van der Waals surface area contributed by atoms with Gasteiger partial charge in [-0.3, -0.25) is 4.79 Å². The third-order valence-electron chi connectivity index (χ3n) is 10.5. The molecular formula is C28H46O. The average Bonchev–Trinajstić information content (AvgIpc) is 3.00. The van der Waals surface area contributed by atoms with Gasteiger partial charge < -0.3 is 0 Å². The second-order valence-electron chi connectivity index (χ2n) is 12.5. The van der Waals surface area contributed by atoms with Gasteiger partial charge in [-0.15, -0.1) is 0 Å². The Labute approximate surface area is 180 Å². The van der Waals surface area contributed by atoms with Crippen LogP contribution in [-0.4, -0.2) is 5.78 Å². The molecule has 4 aliphatic rings. The van der Waals surface area contributed by atoms with Crippen molar-refractivity contribution in [2.45, 2.75) is 106 Å². The summed E-state index contributed by atoms with van der Waals surface area (Å²) in [5.41, 5.74) is 2.40. The fourth-order valence-corrected chi connectivity index (χ4v) is 9.01. The number of carbonyl (C=O) groups excluding carboxylic acids is 1. The maximum Gasteiger partial charge on any atom is 0.155 e. The number of rotatable bonds is 5. The van der Waals surface area contributed by atoms with Gasteiger partial charge in [-0.2, -0.15) is 0 Å². The summed E-state index contributed by atoms with van der Waals surface area (Å²) < 4.78 is 0. The molecule has 0 aromatic carbocycles. The van der Waals surface area contributed by atoms with Crippen molar-refractivity contribution >= 4 is 5.78 Å². The second kappa shape index (κ2) is 7.83. The maximum absolute atomic E-state index is 12.2. The van der Waals surface area contributed by atoms with E-state index in [2.05, 4.69) is 47.6 Å². The van der Waals surface area contributed by atoms with Gasteiger partial charge in [-0.25, -0.2) is 0 Å². The third kappa shape index (κ3) is 3.57. The molecule has 29 heavy (non-hydrogen) atoms. The molecular weight excluding hydrogens is 352 g/mol. The Balaban J connectivity index is 1.53. The van der Waals surface area contributed by atoms with Crippen molar-refractivity contribution in [3.05, 3.63) is 11.6 Å². The SMILES string of the molecule is CC(C)CCCC(C)C1CCC2C3CC(C)C4=CC(=O)CCC4(C)C3CCC12C. The van der Waals surface area contributed by atoms with Crippen LogP contribution in [0.3, 0.4) is 0 Å². The average molecular weight is 399 g/mol. The minimum atomic E-state index is 0.304. The standard InChI is InChI=1S/C28H46O/c1-18(2)8-7-9-19(3)23-10-11-24-22-16-20(4)26-17-21(29)12-14-28(26,6)25(22)13-15-27(23,24)5/h17-20,22-25H,7-16H2,1-6H3. The summed E-state index contributed by atoms with van der Waals surface area (Å²) in [5, 5.41) is 0. The number of hydrogen-bond acceptors (Lipinski definition) is 1. The first kappa shape index (κ1) is 21.6. The maximum atomic E-state index is 12.2. The van der Waals surface area contributed by atoms with E-state index in [1.165, 1.54) is 56.9 Å². The summed E-state index contributed by atoms with van der Waals surface area (Å²) >= 11 is 0. The van der Waals surface area contributed by atoms with E-state index >= 15 is 0 Å². The van der Waals surface area contributed by atoms with Crippen LogP contribution in [0.4, 0.5) is 0 Å². The lowest BCUT2D eigenvalue weighted by molar-refractivity contribution is -0.118. The van der Waals surface area contributed by atoms with E-state index in [1.54, 1.807) is 0 Å². The Morgan fingerprint density at radius 2 is 1.79 bits per heavy atom. The van der Waals surface area contributed by atoms with Crippen LogP contribution in [0.2, 0.25) is 0 Å². The normalized spacial score (nSPS) is 45.4. The van der Waals surface area contributed by atoms with Crippen molar-refractivity contribution in [2.75, 3.05) is 0 Å². The molecule has 0 amide bonds. The van der Waals surface area contributed by atoms with Crippen LogP contribution >= 0.6 is 0 Å². The van der Waals surface area contributed by atoms with Crippen molar-refractivity contribution in [1.82, 2.24) is 0 Å². The lowest BCUT2D eigenvalue weighted by Gasteiger charge is -2.60. The van der Waals surface area contributed by atoms with Crippen LogP contribution in [0.5, 0.6) is 0 Å². The van der Waals surface area contributed by atoms with Gasteiger partial charge in [0.15, 0.2) is 5.78 Å². The molecule has 0 spiro atoms. The number of allylic oxidation sites excluding steroid dienone is 1. The monoisotopic (exact) mass is 398 g/mol. The molecule has 0 aromatic heterocycles. The van der Waals surface area contributed by atoms with Crippen molar-refractivity contribution < 1.29 is 4.79 Å². The lowest BCUT2D eigenvalue weighted by atomic mass is 9.45. The summed E-state index contributed by atoms with van der Waals surface area (Å²) in [6.07, 6.45) is 15.3. The van der Waals surface area contributed by atoms with E-state index in [9.17, 15) is 4.79 Å². The molecule has 8 unspecified atom stereocenters. The molecule has 164 valence electrons. The molecule has 0 N–H and O–H groups in total. The summed E-state index contributed by atoms with van der Waals surface area (Å²) in [7, 11) is 0. The van der Waals surface area contributed by atoms with Crippen molar-refractivity contribution in [2.24, 2.45) is 52.3 Å². The van der Waals surface area contributed by atoms with E-state index in [0.29, 0.717) is 22.5 Å². The van der Waals surface area contributed by atoms with Gasteiger partial charge >= 0.3 is 0 Å². The van der Waals surface area contributed by atoms with Gasteiger partial charge in [-0.05, 0) is 96.9 Å². The quantitative estimate of drug-likeness (QED) is 0.461. The first-order chi connectivity index (χ1) is 13.7. The molecule has 4 aliphatic carbocycles. The Morgan fingerprint density at radius 3 is 2.52 bits per heavy atom. The van der Waals surface area contributed by atoms with Crippen molar-refractivity contribution in [3.8, 4) is 0 Å². The summed E-state index contributed by atoms with van der Waals surface area (Å²) in [6, 6.07) is 0. The lowest BCUT2D eigenvalue weighted by Crippen LogP contribution is -2.52. The zero-order valence-electron chi connectivity index (χ0n) is 20.1. The highest BCUT2D eigenvalue weighted by Crippen LogP contribution is 2.68. The molecule has 0 saturated heterocycles. The van der Waals surface area contributed by atoms with Crippen LogP contribution in [0, 0.1) is 52.3 Å². The molecule has 3 saturated carbocycles. The van der Waals surface area contributed by atoms with Crippen LogP contribution in [0.15, 0.2) is 11.6 Å². The van der Waals surface area contributed by atoms with E-state index in [0.717, 1.165) is 48.3 Å². The molecule has 3 fully saturated rings. The van der Waals surface area contributed by atoms with Crippen molar-refractivity contribution in [1.29, 1.82) is 0 Å². The second-order valence-corrected chi connectivity index (χ2v) is 12.5. The Kier molecular flexibility index (Phi) is 5.84. The van der Waals surface area contributed by atoms with Gasteiger partial charge in [0.25, 0.3) is 0 Å². The first-order valence-electron chi connectivity index (χ1n) is 12.9. The Morgan fingerprint density at radius 1 is 1.03 bits per heavy atom. The number of carbonyl (C=O) groups is 1. The van der Waals surface area contributed by atoms with Crippen molar-refractivity contribution in [3.63, 3.8) is 0 Å². The minimum Gasteiger partial charge on any atom is -0.295 e. The summed E-state index contributed by atoms with van der Waals surface area (Å²) in [6.45, 7) is 14.9. The van der Waals surface area contributed by atoms with Crippen LogP contribution in [0.1, 0.15) is 106 Å². The van der Waals surface area contributed by atoms with Crippen LogP contribution < -0.4 is 0 Å². The molecule has 1 heteroatoms. The molecule has 0 radical (unpaired) electrons. The van der Waals surface area contributed by atoms with Crippen LogP contribution in [-0.2, 0) is 4.79 Å². The first-order valence-corrected chi connectivity index (χ1v) is 12.9. The van der Waals surface area contributed by atoms with Gasteiger partial charge in [0, 0.05) is 6.42 Å². The molecule has 0 bridgehead atoms. The largest absolute Gasteiger partial charge is 0.295 e. The molecule has 0 aliphatic heterocycles. The fraction of sp³-hybridized carbons (Fsp3) is 0.893. The predicted molar refractivity (Wildman–Crippen MR) is 123 cm³/mol. The van der Waals surface area contributed by atoms with E-state index in [-0.39, 0.29) is 0 Å². The highest BCUT2D eigenvalue weighted by atomic mass is 16.1. The number of fused-ring (bicyclic) bond motifs is 5. The van der Waals surface area contributed by atoms with E-state index in [4.69, 9.17) is 0 Å². The van der Waals surface area contributed by atoms with Gasteiger partial charge in [0.05, 0.1) is 0 Å². The Hall–Kier alpha value is -0.590. The predicted octanol–water partition coefficient (Wildman–Crippen LogP) is 7.84. The highest BCUT2D eigenvalue weighted by Gasteiger charge is 2.60. The third-order valence-corrected chi connectivity index (χ3v) is 10.5. The molecule has 0 heterocycles. The Bertz CT molecular complexity index is 659. The zero-order chi connectivity index (χ0) is 21.0. The van der Waals surface area contributed by atoms with E-state index < -0.39 is 0 Å². The van der Waals surface area contributed by atoms with Crippen LogP contribution in [0.25, 0.3) is 0 Å². The summed E-state index contributed by atoms with van der Waals surface area (Å²) in [4.78, 5) is 12.2. The van der Waals surface area contributed by atoms with Gasteiger partial charge in [0.2, 0.25) is 0 Å². The minimum absolute atomic E-state index is 0.304. The molecule has 8 atom stereocenters. The zero-order valence-corrected chi connectivity index (χ0v) is 20.1. The molecule has 4 rings (SSSR count). The summed E-state index contributed by atoms with van der Waals surface area (Å²) in [5.74, 6) is 6.32. The van der Waals surface area contributed by atoms with Gasteiger partial charge in [-0.1, -0.05) is 66.4 Å².